The van der Waals surface area contributed by atoms with Gasteiger partial charge in [0, 0.05) is 12.1 Å². The number of aryl methyl sites for hydroxylation is 1. The summed E-state index contributed by atoms with van der Waals surface area (Å²) in [7, 11) is 0. The minimum absolute atomic E-state index is 0.0109. The summed E-state index contributed by atoms with van der Waals surface area (Å²) in [6.07, 6.45) is 0. The summed E-state index contributed by atoms with van der Waals surface area (Å²) in [4.78, 5) is 10.5. The number of phenolic OH excluding ortho intramolecular Hbond substituents is 1. The van der Waals surface area contributed by atoms with Crippen LogP contribution in [0.25, 0.3) is 5.69 Å². The lowest BCUT2D eigenvalue weighted by Gasteiger charge is -2.08. The second kappa shape index (κ2) is 6.04. The van der Waals surface area contributed by atoms with Gasteiger partial charge in [-0.1, -0.05) is 18.2 Å². The molecule has 0 fully saturated rings. The zero-order valence-electron chi connectivity index (χ0n) is 13.1. The van der Waals surface area contributed by atoms with E-state index in [1.807, 2.05) is 0 Å². The predicted octanol–water partition coefficient (Wildman–Crippen LogP) is 3.90. The molecule has 0 atom stereocenters. The van der Waals surface area contributed by atoms with Crippen LogP contribution in [0.3, 0.4) is 0 Å². The van der Waals surface area contributed by atoms with Crippen LogP contribution < -0.4 is 4.74 Å². The first-order valence-electron chi connectivity index (χ1n) is 7.24. The first kappa shape index (κ1) is 15.5. The van der Waals surface area contributed by atoms with Crippen LogP contribution in [-0.2, 0) is 0 Å². The molecule has 24 heavy (non-hydrogen) atoms. The molecule has 0 radical (unpaired) electrons. The van der Waals surface area contributed by atoms with Gasteiger partial charge in [0.25, 0.3) is 5.69 Å². The molecule has 0 unspecified atom stereocenters. The lowest BCUT2D eigenvalue weighted by Crippen LogP contribution is -2.00. The molecule has 0 aliphatic heterocycles. The summed E-state index contributed by atoms with van der Waals surface area (Å²) < 4.78 is 7.36. The number of ether oxygens (including phenoxy) is 1. The van der Waals surface area contributed by atoms with Gasteiger partial charge in [-0.2, -0.15) is 5.10 Å². The fourth-order valence-electron chi connectivity index (χ4n) is 2.42. The number of nitro benzene ring substituents is 1. The molecule has 0 saturated heterocycles. The minimum atomic E-state index is -0.450. The Hall–Kier alpha value is -3.35. The van der Waals surface area contributed by atoms with Crippen molar-refractivity contribution in [2.75, 3.05) is 0 Å². The average molecular weight is 325 g/mol. The number of nitrogens with zero attached hydrogens (tertiary/aromatic N) is 3. The summed E-state index contributed by atoms with van der Waals surface area (Å²) in [5.41, 5.74) is 1.85. The molecule has 1 heterocycles. The molecular weight excluding hydrogens is 310 g/mol. The van der Waals surface area contributed by atoms with E-state index in [0.717, 1.165) is 0 Å². The molecule has 0 bridgehead atoms. The maximum Gasteiger partial charge on any atom is 0.271 e. The van der Waals surface area contributed by atoms with Crippen molar-refractivity contribution < 1.29 is 14.8 Å². The standard InChI is InChI=1S/C17H15N3O4/c1-11-17(24-16-9-4-3-8-15(16)21)12(2)19(18-11)13-6-5-7-14(10-13)20(22)23/h3-10,21H,1-2H3. The van der Waals surface area contributed by atoms with Crippen LogP contribution in [0.2, 0.25) is 0 Å². The zero-order chi connectivity index (χ0) is 17.3. The van der Waals surface area contributed by atoms with Gasteiger partial charge in [-0.05, 0) is 32.0 Å². The van der Waals surface area contributed by atoms with Crippen LogP contribution in [-0.4, -0.2) is 19.8 Å². The first-order chi connectivity index (χ1) is 11.5. The van der Waals surface area contributed by atoms with Crippen LogP contribution in [0.5, 0.6) is 17.2 Å². The Labute approximate surface area is 137 Å². The number of hydrogen-bond acceptors (Lipinski definition) is 5. The molecule has 122 valence electrons. The summed E-state index contributed by atoms with van der Waals surface area (Å²) in [6, 6.07) is 12.9. The average Bonchev–Trinajstić information content (AvgIpc) is 2.85. The van der Waals surface area contributed by atoms with Crippen LogP contribution >= 0.6 is 0 Å². The molecule has 3 aromatic rings. The summed E-state index contributed by atoms with van der Waals surface area (Å²) >= 11 is 0. The van der Waals surface area contributed by atoms with Crippen molar-refractivity contribution in [2.24, 2.45) is 0 Å². The van der Waals surface area contributed by atoms with Crippen LogP contribution in [0.15, 0.2) is 48.5 Å². The molecule has 0 aliphatic carbocycles. The predicted molar refractivity (Wildman–Crippen MR) is 87.9 cm³/mol. The molecule has 0 amide bonds. The molecule has 0 spiro atoms. The lowest BCUT2D eigenvalue weighted by molar-refractivity contribution is -0.384. The molecule has 0 aliphatic rings. The minimum Gasteiger partial charge on any atom is -0.504 e. The number of hydrogen-bond donors (Lipinski definition) is 1. The van der Waals surface area contributed by atoms with Gasteiger partial charge in [0.15, 0.2) is 17.2 Å². The Balaban J connectivity index is 2.02. The van der Waals surface area contributed by atoms with Gasteiger partial charge >= 0.3 is 0 Å². The third kappa shape index (κ3) is 2.79. The van der Waals surface area contributed by atoms with Gasteiger partial charge in [-0.15, -0.1) is 0 Å². The number of phenols is 1. The van der Waals surface area contributed by atoms with E-state index in [4.69, 9.17) is 4.74 Å². The van der Waals surface area contributed by atoms with E-state index < -0.39 is 4.92 Å². The molecule has 0 saturated carbocycles. The number of non-ortho nitro benzene ring substituents is 1. The van der Waals surface area contributed by atoms with E-state index in [-0.39, 0.29) is 11.4 Å². The van der Waals surface area contributed by atoms with Crippen molar-refractivity contribution in [2.45, 2.75) is 13.8 Å². The number of nitro groups is 1. The largest absolute Gasteiger partial charge is 0.504 e. The zero-order valence-corrected chi connectivity index (χ0v) is 13.1. The highest BCUT2D eigenvalue weighted by Gasteiger charge is 2.17. The highest BCUT2D eigenvalue weighted by molar-refractivity contribution is 5.48. The Bertz CT molecular complexity index is 918. The maximum absolute atomic E-state index is 10.9. The van der Waals surface area contributed by atoms with E-state index in [1.165, 1.54) is 18.2 Å². The van der Waals surface area contributed by atoms with Crippen molar-refractivity contribution in [1.29, 1.82) is 0 Å². The van der Waals surface area contributed by atoms with Crippen LogP contribution in [0.1, 0.15) is 11.4 Å². The van der Waals surface area contributed by atoms with E-state index in [2.05, 4.69) is 5.10 Å². The third-order valence-electron chi connectivity index (χ3n) is 3.59. The van der Waals surface area contributed by atoms with Crippen molar-refractivity contribution in [3.63, 3.8) is 0 Å². The van der Waals surface area contributed by atoms with Gasteiger partial charge in [-0.25, -0.2) is 4.68 Å². The number of aromatic nitrogens is 2. The third-order valence-corrected chi connectivity index (χ3v) is 3.59. The molecule has 1 N–H and O–H groups in total. The van der Waals surface area contributed by atoms with Crippen LogP contribution in [0, 0.1) is 24.0 Å². The van der Waals surface area contributed by atoms with Gasteiger partial charge in [0.1, 0.15) is 5.69 Å². The molecule has 7 nitrogen and oxygen atoms in total. The molecule has 3 rings (SSSR count). The fraction of sp³-hybridized carbons (Fsp3) is 0.118. The number of aromatic hydroxyl groups is 1. The Morgan fingerprint density at radius 2 is 1.92 bits per heavy atom. The number of para-hydroxylation sites is 2. The maximum atomic E-state index is 10.9. The van der Waals surface area contributed by atoms with Gasteiger partial charge in [-0.3, -0.25) is 10.1 Å². The summed E-state index contributed by atoms with van der Waals surface area (Å²) in [6.45, 7) is 3.57. The molecule has 2 aromatic carbocycles. The van der Waals surface area contributed by atoms with Gasteiger partial charge < -0.3 is 9.84 Å². The van der Waals surface area contributed by atoms with Crippen molar-refractivity contribution in [1.82, 2.24) is 9.78 Å². The smallest absolute Gasteiger partial charge is 0.271 e. The SMILES string of the molecule is Cc1nn(-c2cccc([N+](=O)[O-])c2)c(C)c1Oc1ccccc1O. The monoisotopic (exact) mass is 325 g/mol. The van der Waals surface area contributed by atoms with E-state index in [9.17, 15) is 15.2 Å². The first-order valence-corrected chi connectivity index (χ1v) is 7.24. The number of benzene rings is 2. The van der Waals surface area contributed by atoms with Crippen LogP contribution in [0.4, 0.5) is 5.69 Å². The second-order valence-electron chi connectivity index (χ2n) is 5.26. The van der Waals surface area contributed by atoms with Crippen molar-refractivity contribution in [3.05, 3.63) is 70.0 Å². The molecule has 1 aromatic heterocycles. The van der Waals surface area contributed by atoms with E-state index in [1.54, 1.807) is 48.9 Å². The van der Waals surface area contributed by atoms with E-state index >= 15 is 0 Å². The van der Waals surface area contributed by atoms with Crippen molar-refractivity contribution >= 4 is 5.69 Å². The Morgan fingerprint density at radius 1 is 1.17 bits per heavy atom. The summed E-state index contributed by atoms with van der Waals surface area (Å²) in [5.74, 6) is 0.852. The lowest BCUT2D eigenvalue weighted by atomic mass is 10.2. The number of rotatable bonds is 4. The second-order valence-corrected chi connectivity index (χ2v) is 5.26. The Kier molecular flexibility index (Phi) is 3.91. The topological polar surface area (TPSA) is 90.4 Å². The van der Waals surface area contributed by atoms with E-state index in [0.29, 0.717) is 28.6 Å². The summed E-state index contributed by atoms with van der Waals surface area (Å²) in [5, 5.41) is 25.2. The Morgan fingerprint density at radius 3 is 2.62 bits per heavy atom. The highest BCUT2D eigenvalue weighted by Crippen LogP contribution is 2.34. The fourth-order valence-corrected chi connectivity index (χ4v) is 2.42. The molecule has 7 heteroatoms. The molecular formula is C17H15N3O4. The quantitative estimate of drug-likeness (QED) is 0.580. The van der Waals surface area contributed by atoms with Gasteiger partial charge in [0.2, 0.25) is 0 Å². The van der Waals surface area contributed by atoms with Crippen molar-refractivity contribution in [3.8, 4) is 22.9 Å². The highest BCUT2D eigenvalue weighted by atomic mass is 16.6. The normalized spacial score (nSPS) is 10.6. The van der Waals surface area contributed by atoms with Gasteiger partial charge in [0.05, 0.1) is 16.3 Å².